The Balaban J connectivity index is 1.33. The minimum Gasteiger partial charge on any atom is -0.438 e. The molecule has 0 radical (unpaired) electrons. The van der Waals surface area contributed by atoms with E-state index in [2.05, 4.69) is 20.6 Å². The second-order valence-corrected chi connectivity index (χ2v) is 7.16. The van der Waals surface area contributed by atoms with E-state index in [0.29, 0.717) is 29.8 Å². The molecule has 0 unspecified atom stereocenters. The normalized spacial score (nSPS) is 14.2. The summed E-state index contributed by atoms with van der Waals surface area (Å²) in [4.78, 5) is 12.1. The zero-order chi connectivity index (χ0) is 19.3. The van der Waals surface area contributed by atoms with E-state index in [1.807, 2.05) is 31.3 Å². The number of nitrogens with one attached hydrogen (secondary N) is 1. The zero-order valence-corrected chi connectivity index (χ0v) is 15.8. The lowest BCUT2D eigenvalue weighted by molar-refractivity contribution is -0.117. The number of ether oxygens (including phenoxy) is 1. The number of benzene rings is 1. The van der Waals surface area contributed by atoms with Crippen LogP contribution < -0.4 is 10.1 Å². The van der Waals surface area contributed by atoms with Gasteiger partial charge in [-0.05, 0) is 62.1 Å². The fourth-order valence-corrected chi connectivity index (χ4v) is 3.45. The SMILES string of the molecule is Cc1ccn(-c2ccc(Oc3ccc(NC(=O)CC4CCCC4)cc3)nn2)n1. The summed E-state index contributed by atoms with van der Waals surface area (Å²) in [6.07, 6.45) is 7.26. The van der Waals surface area contributed by atoms with Gasteiger partial charge >= 0.3 is 0 Å². The number of aryl methyl sites for hydroxylation is 1. The molecule has 1 N–H and O–H groups in total. The van der Waals surface area contributed by atoms with Crippen molar-refractivity contribution < 1.29 is 9.53 Å². The van der Waals surface area contributed by atoms with Gasteiger partial charge in [-0.25, -0.2) is 4.68 Å². The molecule has 1 fully saturated rings. The lowest BCUT2D eigenvalue weighted by atomic mass is 10.0. The van der Waals surface area contributed by atoms with Gasteiger partial charge in [-0.1, -0.05) is 12.8 Å². The van der Waals surface area contributed by atoms with Crippen LogP contribution in [0, 0.1) is 12.8 Å². The molecule has 7 heteroatoms. The fraction of sp³-hybridized carbons (Fsp3) is 0.333. The van der Waals surface area contributed by atoms with Gasteiger partial charge in [-0.15, -0.1) is 10.2 Å². The first kappa shape index (κ1) is 18.2. The van der Waals surface area contributed by atoms with Crippen LogP contribution in [-0.4, -0.2) is 25.9 Å². The number of hydrogen-bond donors (Lipinski definition) is 1. The highest BCUT2D eigenvalue weighted by molar-refractivity contribution is 5.90. The molecule has 0 saturated heterocycles. The van der Waals surface area contributed by atoms with Crippen LogP contribution in [0.1, 0.15) is 37.8 Å². The quantitative estimate of drug-likeness (QED) is 0.693. The van der Waals surface area contributed by atoms with E-state index in [1.54, 1.807) is 28.9 Å². The second kappa shape index (κ2) is 8.21. The molecular formula is C21H23N5O2. The number of aromatic nitrogens is 4. The minimum atomic E-state index is 0.0795. The molecule has 0 atom stereocenters. The summed E-state index contributed by atoms with van der Waals surface area (Å²) >= 11 is 0. The Morgan fingerprint density at radius 3 is 2.54 bits per heavy atom. The maximum Gasteiger partial charge on any atom is 0.238 e. The van der Waals surface area contributed by atoms with E-state index >= 15 is 0 Å². The summed E-state index contributed by atoms with van der Waals surface area (Å²) in [5.41, 5.74) is 1.68. The number of rotatable bonds is 6. The maximum absolute atomic E-state index is 12.1. The lowest BCUT2D eigenvalue weighted by Gasteiger charge is -2.10. The van der Waals surface area contributed by atoms with Gasteiger partial charge in [0.15, 0.2) is 5.82 Å². The van der Waals surface area contributed by atoms with E-state index in [1.165, 1.54) is 25.7 Å². The van der Waals surface area contributed by atoms with E-state index in [9.17, 15) is 4.79 Å². The Hall–Kier alpha value is -3.22. The third kappa shape index (κ3) is 4.54. The molecule has 3 aromatic rings. The Labute approximate surface area is 163 Å². The molecule has 2 heterocycles. The Morgan fingerprint density at radius 1 is 1.11 bits per heavy atom. The maximum atomic E-state index is 12.1. The van der Waals surface area contributed by atoms with Gasteiger partial charge in [0, 0.05) is 24.4 Å². The van der Waals surface area contributed by atoms with Crippen molar-refractivity contribution in [3.63, 3.8) is 0 Å². The van der Waals surface area contributed by atoms with Crippen molar-refractivity contribution in [2.45, 2.75) is 39.0 Å². The number of nitrogens with zero attached hydrogens (tertiary/aromatic N) is 4. The fourth-order valence-electron chi connectivity index (χ4n) is 3.45. The number of carbonyl (C=O) groups is 1. The molecule has 1 aliphatic carbocycles. The highest BCUT2D eigenvalue weighted by Gasteiger charge is 2.18. The van der Waals surface area contributed by atoms with Crippen molar-refractivity contribution in [3.8, 4) is 17.4 Å². The predicted molar refractivity (Wildman–Crippen MR) is 106 cm³/mol. The molecule has 0 bridgehead atoms. The first-order valence-electron chi connectivity index (χ1n) is 9.60. The summed E-state index contributed by atoms with van der Waals surface area (Å²) < 4.78 is 7.39. The number of anilines is 1. The average Bonchev–Trinajstić information content (AvgIpc) is 3.36. The van der Waals surface area contributed by atoms with E-state index < -0.39 is 0 Å². The van der Waals surface area contributed by atoms with Crippen molar-refractivity contribution in [2.24, 2.45) is 5.92 Å². The average molecular weight is 377 g/mol. The molecule has 0 spiro atoms. The molecule has 0 aliphatic heterocycles. The van der Waals surface area contributed by atoms with Crippen LogP contribution in [0.5, 0.6) is 11.6 Å². The Morgan fingerprint density at radius 2 is 1.89 bits per heavy atom. The predicted octanol–water partition coefficient (Wildman–Crippen LogP) is 4.28. The first-order valence-corrected chi connectivity index (χ1v) is 9.60. The van der Waals surface area contributed by atoms with Crippen molar-refractivity contribution in [2.75, 3.05) is 5.32 Å². The van der Waals surface area contributed by atoms with Crippen molar-refractivity contribution in [1.29, 1.82) is 0 Å². The summed E-state index contributed by atoms with van der Waals surface area (Å²) in [6, 6.07) is 12.7. The highest BCUT2D eigenvalue weighted by atomic mass is 16.5. The molecule has 1 amide bonds. The van der Waals surface area contributed by atoms with Crippen molar-refractivity contribution in [1.82, 2.24) is 20.0 Å². The number of carbonyl (C=O) groups excluding carboxylic acids is 1. The molecular weight excluding hydrogens is 354 g/mol. The highest BCUT2D eigenvalue weighted by Crippen LogP contribution is 2.28. The zero-order valence-electron chi connectivity index (χ0n) is 15.8. The van der Waals surface area contributed by atoms with Crippen LogP contribution in [0.15, 0.2) is 48.7 Å². The van der Waals surface area contributed by atoms with Gasteiger partial charge in [0.1, 0.15) is 5.75 Å². The van der Waals surface area contributed by atoms with E-state index in [-0.39, 0.29) is 5.91 Å². The van der Waals surface area contributed by atoms with Crippen molar-refractivity contribution >= 4 is 11.6 Å². The van der Waals surface area contributed by atoms with Crippen molar-refractivity contribution in [3.05, 3.63) is 54.4 Å². The smallest absolute Gasteiger partial charge is 0.238 e. The molecule has 144 valence electrons. The molecule has 4 rings (SSSR count). The second-order valence-electron chi connectivity index (χ2n) is 7.16. The third-order valence-electron chi connectivity index (χ3n) is 4.89. The van der Waals surface area contributed by atoms with Crippen LogP contribution in [0.3, 0.4) is 0 Å². The van der Waals surface area contributed by atoms with Gasteiger partial charge in [0.05, 0.1) is 5.69 Å². The standard InChI is InChI=1S/C21H23N5O2/c1-15-12-13-26(25-15)19-10-11-21(24-23-19)28-18-8-6-17(7-9-18)22-20(27)14-16-4-2-3-5-16/h6-13,16H,2-5,14H2,1H3,(H,22,27). The van der Waals surface area contributed by atoms with Gasteiger partial charge in [0.25, 0.3) is 0 Å². The summed E-state index contributed by atoms with van der Waals surface area (Å²) in [5, 5.41) is 15.5. The summed E-state index contributed by atoms with van der Waals surface area (Å²) in [6.45, 7) is 1.92. The van der Waals surface area contributed by atoms with Crippen LogP contribution in [0.4, 0.5) is 5.69 Å². The monoisotopic (exact) mass is 377 g/mol. The largest absolute Gasteiger partial charge is 0.438 e. The Kier molecular flexibility index (Phi) is 5.32. The van der Waals surface area contributed by atoms with Crippen LogP contribution in [-0.2, 0) is 4.79 Å². The molecule has 1 aliphatic rings. The molecule has 1 aromatic carbocycles. The topological polar surface area (TPSA) is 81.9 Å². The first-order chi connectivity index (χ1) is 13.7. The lowest BCUT2D eigenvalue weighted by Crippen LogP contribution is -2.14. The van der Waals surface area contributed by atoms with Crippen LogP contribution in [0.25, 0.3) is 5.82 Å². The van der Waals surface area contributed by atoms with Gasteiger partial charge in [-0.3, -0.25) is 4.79 Å². The third-order valence-corrected chi connectivity index (χ3v) is 4.89. The molecule has 1 saturated carbocycles. The molecule has 2 aromatic heterocycles. The summed E-state index contributed by atoms with van der Waals surface area (Å²) in [7, 11) is 0. The van der Waals surface area contributed by atoms with Gasteiger partial charge in [-0.2, -0.15) is 5.10 Å². The number of hydrogen-bond acceptors (Lipinski definition) is 5. The van der Waals surface area contributed by atoms with E-state index in [4.69, 9.17) is 4.74 Å². The summed E-state index contributed by atoms with van der Waals surface area (Å²) in [5.74, 6) is 2.27. The van der Waals surface area contributed by atoms with Gasteiger partial charge in [0.2, 0.25) is 11.8 Å². The number of amides is 1. The minimum absolute atomic E-state index is 0.0795. The van der Waals surface area contributed by atoms with E-state index in [0.717, 1.165) is 11.4 Å². The Bertz CT molecular complexity index is 928. The van der Waals surface area contributed by atoms with Gasteiger partial charge < -0.3 is 10.1 Å². The molecule has 28 heavy (non-hydrogen) atoms. The van der Waals surface area contributed by atoms with Crippen LogP contribution >= 0.6 is 0 Å². The van der Waals surface area contributed by atoms with Crippen LogP contribution in [0.2, 0.25) is 0 Å². The molecule has 7 nitrogen and oxygen atoms in total.